The predicted molar refractivity (Wildman–Crippen MR) is 70.0 cm³/mol. The zero-order valence-corrected chi connectivity index (χ0v) is 11.6. The second-order valence-corrected chi connectivity index (χ2v) is 5.45. The molecule has 1 atom stereocenters. The molecule has 0 saturated carbocycles. The van der Waals surface area contributed by atoms with Crippen molar-refractivity contribution < 1.29 is 9.53 Å². The zero-order chi connectivity index (χ0) is 13.8. The molecule has 0 aliphatic rings. The Bertz CT molecular complexity index is 393. The van der Waals surface area contributed by atoms with E-state index in [1.165, 1.54) is 0 Å². The summed E-state index contributed by atoms with van der Waals surface area (Å²) in [5.74, 6) is -0.382. The van der Waals surface area contributed by atoms with E-state index in [1.807, 2.05) is 31.5 Å². The van der Waals surface area contributed by atoms with E-state index in [0.717, 1.165) is 18.7 Å². The number of carbonyl (C=O) groups excluding carboxylic acids is 1. The topological polar surface area (TPSA) is 70.1 Å². The van der Waals surface area contributed by atoms with E-state index in [2.05, 4.69) is 11.9 Å². The molecule has 0 aliphatic carbocycles. The molecule has 0 unspecified atom stereocenters. The molecule has 2 N–H and O–H groups in total. The van der Waals surface area contributed by atoms with Gasteiger partial charge in [-0.3, -0.25) is 4.79 Å². The van der Waals surface area contributed by atoms with Crippen molar-refractivity contribution in [1.82, 2.24) is 9.55 Å². The molecule has 0 aromatic carbocycles. The van der Waals surface area contributed by atoms with Crippen LogP contribution in [0.5, 0.6) is 0 Å². The van der Waals surface area contributed by atoms with Gasteiger partial charge in [0.25, 0.3) is 0 Å². The number of nitrogens with two attached hydrogens (primary N) is 1. The summed E-state index contributed by atoms with van der Waals surface area (Å²) in [6.45, 7) is 8.51. The van der Waals surface area contributed by atoms with Gasteiger partial charge < -0.3 is 15.0 Å². The second kappa shape index (κ2) is 6.00. The van der Waals surface area contributed by atoms with Gasteiger partial charge in [0.1, 0.15) is 11.6 Å². The van der Waals surface area contributed by atoms with Crippen LogP contribution in [0.15, 0.2) is 12.5 Å². The van der Waals surface area contributed by atoms with Crippen LogP contribution < -0.4 is 5.73 Å². The summed E-state index contributed by atoms with van der Waals surface area (Å²) >= 11 is 0. The number of hydrogen-bond donors (Lipinski definition) is 1. The molecular weight excluding hydrogens is 230 g/mol. The van der Waals surface area contributed by atoms with Crippen LogP contribution in [0.4, 0.5) is 0 Å². The molecule has 0 spiro atoms. The Balaban J connectivity index is 2.52. The Labute approximate surface area is 108 Å². The summed E-state index contributed by atoms with van der Waals surface area (Å²) in [4.78, 5) is 15.9. The maximum absolute atomic E-state index is 11.7. The van der Waals surface area contributed by atoms with Crippen LogP contribution in [-0.2, 0) is 22.5 Å². The zero-order valence-electron chi connectivity index (χ0n) is 11.6. The van der Waals surface area contributed by atoms with Gasteiger partial charge in [0.05, 0.1) is 12.0 Å². The van der Waals surface area contributed by atoms with Crippen LogP contribution in [0.2, 0.25) is 0 Å². The molecule has 0 fully saturated rings. The highest BCUT2D eigenvalue weighted by molar-refractivity contribution is 5.76. The minimum atomic E-state index is -0.658. The van der Waals surface area contributed by atoms with Gasteiger partial charge in [-0.15, -0.1) is 0 Å². The van der Waals surface area contributed by atoms with E-state index >= 15 is 0 Å². The fourth-order valence-corrected chi connectivity index (χ4v) is 1.58. The number of rotatable bonds is 5. The van der Waals surface area contributed by atoms with Crippen LogP contribution in [-0.4, -0.2) is 27.2 Å². The number of aryl methyl sites for hydroxylation is 1. The summed E-state index contributed by atoms with van der Waals surface area (Å²) in [6, 6.07) is -0.658. The molecule has 1 heterocycles. The number of carbonyl (C=O) groups is 1. The third kappa shape index (κ3) is 4.87. The summed E-state index contributed by atoms with van der Waals surface area (Å²) in [7, 11) is 0. The number of nitrogens with zero attached hydrogens (tertiary/aromatic N) is 2. The van der Waals surface area contributed by atoms with Crippen LogP contribution >= 0.6 is 0 Å². The van der Waals surface area contributed by atoms with Crippen molar-refractivity contribution in [1.29, 1.82) is 0 Å². The first-order valence-electron chi connectivity index (χ1n) is 6.31. The molecule has 0 saturated heterocycles. The van der Waals surface area contributed by atoms with E-state index in [-0.39, 0.29) is 5.97 Å². The molecule has 0 radical (unpaired) electrons. The van der Waals surface area contributed by atoms with Gasteiger partial charge in [-0.05, 0) is 27.2 Å². The highest BCUT2D eigenvalue weighted by Crippen LogP contribution is 2.09. The van der Waals surface area contributed by atoms with Crippen molar-refractivity contribution in [2.45, 2.75) is 58.7 Å². The lowest BCUT2D eigenvalue weighted by Gasteiger charge is -2.21. The molecular formula is C13H23N3O2. The SMILES string of the molecule is CCCn1cnc(C[C@H](N)C(=O)OC(C)(C)C)c1. The molecule has 1 aromatic heterocycles. The number of imidazole rings is 1. The molecule has 102 valence electrons. The third-order valence-corrected chi connectivity index (χ3v) is 2.31. The van der Waals surface area contributed by atoms with Gasteiger partial charge in [-0.2, -0.15) is 0 Å². The van der Waals surface area contributed by atoms with Crippen LogP contribution in [0, 0.1) is 0 Å². The molecule has 5 heteroatoms. The molecule has 1 rings (SSSR count). The summed E-state index contributed by atoms with van der Waals surface area (Å²) < 4.78 is 7.22. The van der Waals surface area contributed by atoms with Crippen molar-refractivity contribution >= 4 is 5.97 Å². The summed E-state index contributed by atoms with van der Waals surface area (Å²) in [5.41, 5.74) is 6.13. The van der Waals surface area contributed by atoms with Gasteiger partial charge in [0.2, 0.25) is 0 Å². The largest absolute Gasteiger partial charge is 0.459 e. The first kappa shape index (κ1) is 14.7. The van der Waals surface area contributed by atoms with Crippen molar-refractivity contribution in [2.24, 2.45) is 5.73 Å². The first-order valence-corrected chi connectivity index (χ1v) is 6.31. The normalized spacial score (nSPS) is 13.4. The number of esters is 1. The van der Waals surface area contributed by atoms with Crippen molar-refractivity contribution in [3.05, 3.63) is 18.2 Å². The van der Waals surface area contributed by atoms with Gasteiger partial charge in [0, 0.05) is 19.2 Å². The van der Waals surface area contributed by atoms with Crippen LogP contribution in [0.3, 0.4) is 0 Å². The third-order valence-electron chi connectivity index (χ3n) is 2.31. The average Bonchev–Trinajstić information content (AvgIpc) is 2.63. The van der Waals surface area contributed by atoms with Crippen molar-refractivity contribution in [2.75, 3.05) is 0 Å². The number of ether oxygens (including phenoxy) is 1. The molecule has 0 aliphatic heterocycles. The maximum atomic E-state index is 11.7. The molecule has 0 bridgehead atoms. The van der Waals surface area contributed by atoms with Gasteiger partial charge in [-0.1, -0.05) is 6.92 Å². The lowest BCUT2D eigenvalue weighted by molar-refractivity contribution is -0.156. The first-order chi connectivity index (χ1) is 8.31. The van der Waals surface area contributed by atoms with E-state index in [0.29, 0.717) is 6.42 Å². The Morgan fingerprint density at radius 3 is 2.78 bits per heavy atom. The Hall–Kier alpha value is -1.36. The Morgan fingerprint density at radius 2 is 2.22 bits per heavy atom. The van der Waals surface area contributed by atoms with E-state index < -0.39 is 11.6 Å². The summed E-state index contributed by atoms with van der Waals surface area (Å²) in [5, 5.41) is 0. The smallest absolute Gasteiger partial charge is 0.323 e. The molecule has 5 nitrogen and oxygen atoms in total. The minimum absolute atomic E-state index is 0.382. The predicted octanol–water partition coefficient (Wildman–Crippen LogP) is 1.50. The second-order valence-electron chi connectivity index (χ2n) is 5.45. The van der Waals surface area contributed by atoms with E-state index in [1.54, 1.807) is 6.33 Å². The molecule has 1 aromatic rings. The van der Waals surface area contributed by atoms with Crippen molar-refractivity contribution in [3.63, 3.8) is 0 Å². The van der Waals surface area contributed by atoms with Gasteiger partial charge in [0.15, 0.2) is 0 Å². The number of aromatic nitrogens is 2. The quantitative estimate of drug-likeness (QED) is 0.807. The van der Waals surface area contributed by atoms with E-state index in [4.69, 9.17) is 10.5 Å². The van der Waals surface area contributed by atoms with Crippen LogP contribution in [0.25, 0.3) is 0 Å². The highest BCUT2D eigenvalue weighted by Gasteiger charge is 2.22. The minimum Gasteiger partial charge on any atom is -0.459 e. The Morgan fingerprint density at radius 1 is 1.56 bits per heavy atom. The van der Waals surface area contributed by atoms with Gasteiger partial charge >= 0.3 is 5.97 Å². The summed E-state index contributed by atoms with van der Waals surface area (Å²) in [6.07, 6.45) is 5.15. The van der Waals surface area contributed by atoms with Crippen LogP contribution in [0.1, 0.15) is 39.8 Å². The number of hydrogen-bond acceptors (Lipinski definition) is 4. The Kier molecular flexibility index (Phi) is 4.90. The maximum Gasteiger partial charge on any atom is 0.323 e. The molecule has 0 amide bonds. The average molecular weight is 253 g/mol. The molecule has 18 heavy (non-hydrogen) atoms. The highest BCUT2D eigenvalue weighted by atomic mass is 16.6. The van der Waals surface area contributed by atoms with E-state index in [9.17, 15) is 4.79 Å². The fourth-order valence-electron chi connectivity index (χ4n) is 1.58. The monoisotopic (exact) mass is 253 g/mol. The standard InChI is InChI=1S/C13H23N3O2/c1-5-6-16-8-10(15-9-16)7-11(14)12(17)18-13(2,3)4/h8-9,11H,5-7,14H2,1-4H3/t11-/m0/s1. The fraction of sp³-hybridized carbons (Fsp3) is 0.692. The van der Waals surface area contributed by atoms with Gasteiger partial charge in [-0.25, -0.2) is 4.98 Å². The lowest BCUT2D eigenvalue weighted by Crippen LogP contribution is -2.38. The lowest BCUT2D eigenvalue weighted by atomic mass is 10.1. The van der Waals surface area contributed by atoms with Crippen molar-refractivity contribution in [3.8, 4) is 0 Å².